The number of nitrogens with zero attached hydrogens (tertiary/aromatic N) is 2. The first-order valence-corrected chi connectivity index (χ1v) is 6.86. The average molecular weight is 286 g/mol. The molecule has 1 saturated carbocycles. The van der Waals surface area contributed by atoms with Crippen LogP contribution in [0.25, 0.3) is 0 Å². The molecular formula is C16H15FN2O2. The van der Waals surface area contributed by atoms with Crippen molar-refractivity contribution in [3.8, 4) is 5.75 Å². The van der Waals surface area contributed by atoms with Crippen molar-refractivity contribution in [1.29, 1.82) is 0 Å². The van der Waals surface area contributed by atoms with Crippen LogP contribution in [0.15, 0.2) is 48.7 Å². The summed E-state index contributed by atoms with van der Waals surface area (Å²) in [6.07, 6.45) is 3.57. The number of ether oxygens (including phenoxy) is 1. The third-order valence-electron chi connectivity index (χ3n) is 3.26. The number of pyridine rings is 1. The summed E-state index contributed by atoms with van der Waals surface area (Å²) in [5.41, 5.74) is 0. The molecule has 2 aromatic rings. The van der Waals surface area contributed by atoms with Gasteiger partial charge in [0.2, 0.25) is 0 Å². The van der Waals surface area contributed by atoms with Crippen LogP contribution in [0.1, 0.15) is 12.8 Å². The zero-order chi connectivity index (χ0) is 14.7. The van der Waals surface area contributed by atoms with Gasteiger partial charge in [-0.05, 0) is 37.1 Å². The fraction of sp³-hybridized carbons (Fsp3) is 0.250. The van der Waals surface area contributed by atoms with Gasteiger partial charge in [0.15, 0.2) is 18.2 Å². The van der Waals surface area contributed by atoms with E-state index in [1.54, 1.807) is 35.4 Å². The van der Waals surface area contributed by atoms with E-state index >= 15 is 0 Å². The first-order chi connectivity index (χ1) is 10.3. The third-order valence-corrected chi connectivity index (χ3v) is 3.26. The van der Waals surface area contributed by atoms with Gasteiger partial charge in [-0.25, -0.2) is 9.37 Å². The Morgan fingerprint density at radius 3 is 2.67 bits per heavy atom. The number of para-hydroxylation sites is 1. The highest BCUT2D eigenvalue weighted by Crippen LogP contribution is 2.30. The maximum Gasteiger partial charge on any atom is 0.266 e. The molecule has 5 heteroatoms. The average Bonchev–Trinajstić information content (AvgIpc) is 3.32. The quantitative estimate of drug-likeness (QED) is 0.848. The van der Waals surface area contributed by atoms with Crippen LogP contribution in [0.3, 0.4) is 0 Å². The number of amides is 1. The normalized spacial score (nSPS) is 13.8. The number of hydrogen-bond donors (Lipinski definition) is 0. The molecule has 0 bridgehead atoms. The number of carbonyl (C=O) groups excluding carboxylic acids is 1. The van der Waals surface area contributed by atoms with Crippen molar-refractivity contribution in [3.05, 3.63) is 54.5 Å². The maximum absolute atomic E-state index is 13.5. The largest absolute Gasteiger partial charge is 0.481 e. The zero-order valence-electron chi connectivity index (χ0n) is 11.4. The molecule has 108 valence electrons. The summed E-state index contributed by atoms with van der Waals surface area (Å²) in [7, 11) is 0. The Morgan fingerprint density at radius 1 is 1.24 bits per heavy atom. The predicted molar refractivity (Wildman–Crippen MR) is 76.6 cm³/mol. The molecule has 0 radical (unpaired) electrons. The number of anilines is 1. The number of aromatic nitrogens is 1. The Balaban J connectivity index is 1.70. The molecule has 0 unspecified atom stereocenters. The van der Waals surface area contributed by atoms with Crippen LogP contribution in [-0.2, 0) is 4.79 Å². The Labute approximate surface area is 122 Å². The Hall–Kier alpha value is -2.43. The summed E-state index contributed by atoms with van der Waals surface area (Å²) in [6, 6.07) is 11.7. The summed E-state index contributed by atoms with van der Waals surface area (Å²) < 4.78 is 18.8. The van der Waals surface area contributed by atoms with Gasteiger partial charge in [-0.1, -0.05) is 18.2 Å². The Morgan fingerprint density at radius 2 is 2.00 bits per heavy atom. The van der Waals surface area contributed by atoms with Gasteiger partial charge in [0.25, 0.3) is 5.91 Å². The predicted octanol–water partition coefficient (Wildman–Crippen LogP) is 2.80. The zero-order valence-corrected chi connectivity index (χ0v) is 11.4. The summed E-state index contributed by atoms with van der Waals surface area (Å²) in [5, 5.41) is 0. The van der Waals surface area contributed by atoms with Gasteiger partial charge in [0, 0.05) is 12.2 Å². The molecule has 0 atom stereocenters. The van der Waals surface area contributed by atoms with Gasteiger partial charge >= 0.3 is 0 Å². The molecule has 0 aliphatic heterocycles. The van der Waals surface area contributed by atoms with Crippen LogP contribution in [0, 0.1) is 5.82 Å². The number of benzene rings is 1. The molecule has 1 aliphatic carbocycles. The minimum atomic E-state index is -0.471. The summed E-state index contributed by atoms with van der Waals surface area (Å²) >= 11 is 0. The van der Waals surface area contributed by atoms with Crippen LogP contribution >= 0.6 is 0 Å². The third kappa shape index (κ3) is 3.18. The van der Waals surface area contributed by atoms with E-state index in [0.29, 0.717) is 5.82 Å². The van der Waals surface area contributed by atoms with Gasteiger partial charge in [-0.15, -0.1) is 0 Å². The van der Waals surface area contributed by atoms with Crippen molar-refractivity contribution in [2.75, 3.05) is 11.5 Å². The van der Waals surface area contributed by atoms with Crippen LogP contribution in [0.2, 0.25) is 0 Å². The van der Waals surface area contributed by atoms with E-state index < -0.39 is 5.82 Å². The second kappa shape index (κ2) is 5.91. The van der Waals surface area contributed by atoms with E-state index in [0.717, 1.165) is 12.8 Å². The smallest absolute Gasteiger partial charge is 0.266 e. The summed E-state index contributed by atoms with van der Waals surface area (Å²) in [5.74, 6) is 0.0188. The standard InChI is InChI=1S/C16H15FN2O2/c17-13-5-1-2-6-14(13)21-11-16(20)19(12-8-9-12)15-7-3-4-10-18-15/h1-7,10,12H,8-9,11H2. The molecule has 1 amide bonds. The van der Waals surface area contributed by atoms with E-state index in [-0.39, 0.29) is 24.3 Å². The lowest BCUT2D eigenvalue weighted by Crippen LogP contribution is -2.37. The van der Waals surface area contributed by atoms with E-state index in [9.17, 15) is 9.18 Å². The second-order valence-electron chi connectivity index (χ2n) is 4.90. The van der Waals surface area contributed by atoms with Gasteiger partial charge in [0.05, 0.1) is 0 Å². The van der Waals surface area contributed by atoms with Crippen LogP contribution in [0.4, 0.5) is 10.2 Å². The van der Waals surface area contributed by atoms with E-state index in [1.807, 2.05) is 6.07 Å². The van der Waals surface area contributed by atoms with Crippen LogP contribution in [-0.4, -0.2) is 23.5 Å². The maximum atomic E-state index is 13.5. The Bertz CT molecular complexity index is 629. The fourth-order valence-electron chi connectivity index (χ4n) is 2.12. The second-order valence-corrected chi connectivity index (χ2v) is 4.90. The topological polar surface area (TPSA) is 42.4 Å². The summed E-state index contributed by atoms with van der Waals surface area (Å²) in [6.45, 7) is -0.200. The summed E-state index contributed by atoms with van der Waals surface area (Å²) in [4.78, 5) is 18.2. The molecule has 1 aromatic heterocycles. The highest BCUT2D eigenvalue weighted by Gasteiger charge is 2.34. The molecule has 1 aromatic carbocycles. The van der Waals surface area contributed by atoms with Crippen LogP contribution in [0.5, 0.6) is 5.75 Å². The number of halogens is 1. The van der Waals surface area contributed by atoms with Crippen molar-refractivity contribution in [1.82, 2.24) is 4.98 Å². The first kappa shape index (κ1) is 13.5. The highest BCUT2D eigenvalue weighted by atomic mass is 19.1. The van der Waals surface area contributed by atoms with Crippen molar-refractivity contribution in [2.45, 2.75) is 18.9 Å². The van der Waals surface area contributed by atoms with Gasteiger partial charge in [0.1, 0.15) is 5.82 Å². The van der Waals surface area contributed by atoms with E-state index in [2.05, 4.69) is 4.98 Å². The number of hydrogen-bond acceptors (Lipinski definition) is 3. The fourth-order valence-corrected chi connectivity index (χ4v) is 2.12. The molecule has 3 rings (SSSR count). The minimum Gasteiger partial charge on any atom is -0.481 e. The van der Waals surface area contributed by atoms with Crippen LogP contribution < -0.4 is 9.64 Å². The molecular weight excluding hydrogens is 271 g/mol. The first-order valence-electron chi connectivity index (χ1n) is 6.86. The van der Waals surface area contributed by atoms with Gasteiger partial charge in [-0.2, -0.15) is 0 Å². The number of rotatable bonds is 5. The number of carbonyl (C=O) groups is 1. The Kier molecular flexibility index (Phi) is 3.81. The lowest BCUT2D eigenvalue weighted by atomic mass is 10.3. The van der Waals surface area contributed by atoms with Crippen molar-refractivity contribution in [2.24, 2.45) is 0 Å². The molecule has 1 heterocycles. The van der Waals surface area contributed by atoms with Crippen molar-refractivity contribution >= 4 is 11.7 Å². The van der Waals surface area contributed by atoms with E-state index in [4.69, 9.17) is 4.74 Å². The SMILES string of the molecule is O=C(COc1ccccc1F)N(c1ccccn1)C1CC1. The van der Waals surface area contributed by atoms with E-state index in [1.165, 1.54) is 12.1 Å². The van der Waals surface area contributed by atoms with Crippen molar-refractivity contribution < 1.29 is 13.9 Å². The van der Waals surface area contributed by atoms with Crippen molar-refractivity contribution in [3.63, 3.8) is 0 Å². The molecule has 1 fully saturated rings. The highest BCUT2D eigenvalue weighted by molar-refractivity contribution is 5.94. The molecule has 4 nitrogen and oxygen atoms in total. The molecule has 1 aliphatic rings. The lowest BCUT2D eigenvalue weighted by Gasteiger charge is -2.21. The van der Waals surface area contributed by atoms with Gasteiger partial charge < -0.3 is 4.74 Å². The lowest BCUT2D eigenvalue weighted by molar-refractivity contribution is -0.120. The molecule has 0 spiro atoms. The molecule has 21 heavy (non-hydrogen) atoms. The minimum absolute atomic E-state index is 0.0858. The monoisotopic (exact) mass is 286 g/mol. The molecule has 0 saturated heterocycles. The molecule has 0 N–H and O–H groups in total. The van der Waals surface area contributed by atoms with Gasteiger partial charge in [-0.3, -0.25) is 9.69 Å².